The molecule has 1 aromatic heterocycles. The Kier molecular flexibility index (Phi) is 6.52. The number of thiazole rings is 1. The van der Waals surface area contributed by atoms with Crippen molar-refractivity contribution in [1.29, 1.82) is 0 Å². The second kappa shape index (κ2) is 9.09. The summed E-state index contributed by atoms with van der Waals surface area (Å²) in [6.07, 6.45) is 0. The summed E-state index contributed by atoms with van der Waals surface area (Å²) in [4.78, 5) is 30.2. The zero-order valence-electron chi connectivity index (χ0n) is 17.7. The number of hydrogen-bond donors (Lipinski definition) is 0. The van der Waals surface area contributed by atoms with Crippen LogP contribution in [-0.2, 0) is 16.1 Å². The van der Waals surface area contributed by atoms with Crippen LogP contribution in [0.3, 0.4) is 0 Å². The highest BCUT2D eigenvalue weighted by Crippen LogP contribution is 2.34. The van der Waals surface area contributed by atoms with E-state index < -0.39 is 5.97 Å². The summed E-state index contributed by atoms with van der Waals surface area (Å²) in [5.74, 6) is 0.132. The van der Waals surface area contributed by atoms with E-state index in [9.17, 15) is 9.59 Å². The molecule has 0 bridgehead atoms. The Morgan fingerprint density at radius 3 is 2.27 bits per heavy atom. The Labute approximate surface area is 180 Å². The molecule has 0 aliphatic carbocycles. The number of aromatic nitrogens is 1. The van der Waals surface area contributed by atoms with Gasteiger partial charge in [-0.05, 0) is 56.2 Å². The molecule has 6 nitrogen and oxygen atoms in total. The van der Waals surface area contributed by atoms with Gasteiger partial charge in [0.25, 0.3) is 0 Å². The first kappa shape index (κ1) is 21.5. The Balaban J connectivity index is 1.77. The average molecular weight is 425 g/mol. The Bertz CT molecular complexity index is 1050. The predicted molar refractivity (Wildman–Crippen MR) is 118 cm³/mol. The molecule has 3 rings (SSSR count). The molecule has 30 heavy (non-hydrogen) atoms. The molecule has 1 heterocycles. The van der Waals surface area contributed by atoms with Gasteiger partial charge in [-0.1, -0.05) is 17.7 Å². The second-order valence-electron chi connectivity index (χ2n) is 7.03. The van der Waals surface area contributed by atoms with Crippen molar-refractivity contribution in [1.82, 2.24) is 4.98 Å². The summed E-state index contributed by atoms with van der Waals surface area (Å²) in [6, 6.07) is 10.8. The van der Waals surface area contributed by atoms with Crippen LogP contribution in [0.25, 0.3) is 0 Å². The maximum Gasteiger partial charge on any atom is 0.337 e. The topological polar surface area (TPSA) is 68.7 Å². The van der Waals surface area contributed by atoms with Gasteiger partial charge in [0.15, 0.2) is 5.13 Å². The van der Waals surface area contributed by atoms with Crippen molar-refractivity contribution in [2.75, 3.05) is 12.0 Å². The number of carbonyl (C=O) groups excluding carboxylic acids is 2. The molecular formula is C23H24N2O4S. The molecular weight excluding hydrogens is 400 g/mol. The van der Waals surface area contributed by atoms with Crippen molar-refractivity contribution < 1.29 is 19.1 Å². The van der Waals surface area contributed by atoms with E-state index >= 15 is 0 Å². The number of anilines is 2. The first-order valence-corrected chi connectivity index (χ1v) is 10.3. The lowest BCUT2D eigenvalue weighted by molar-refractivity contribution is -0.115. The molecule has 0 N–H and O–H groups in total. The molecule has 0 fully saturated rings. The van der Waals surface area contributed by atoms with Crippen LogP contribution in [0.1, 0.15) is 39.7 Å². The Morgan fingerprint density at radius 1 is 1.07 bits per heavy atom. The minimum absolute atomic E-state index is 0.0923. The van der Waals surface area contributed by atoms with Crippen LogP contribution in [0, 0.1) is 20.8 Å². The summed E-state index contributed by atoms with van der Waals surface area (Å²) >= 11 is 1.40. The van der Waals surface area contributed by atoms with Crippen molar-refractivity contribution in [3.05, 3.63) is 69.7 Å². The van der Waals surface area contributed by atoms with E-state index in [-0.39, 0.29) is 12.5 Å². The quantitative estimate of drug-likeness (QED) is 0.514. The molecule has 2 aromatic carbocycles. The van der Waals surface area contributed by atoms with E-state index in [2.05, 4.69) is 21.9 Å². The number of amides is 1. The van der Waals surface area contributed by atoms with Crippen molar-refractivity contribution >= 4 is 34.0 Å². The van der Waals surface area contributed by atoms with Crippen LogP contribution < -0.4 is 9.64 Å². The zero-order valence-corrected chi connectivity index (χ0v) is 18.5. The van der Waals surface area contributed by atoms with Crippen molar-refractivity contribution in [2.45, 2.75) is 34.3 Å². The van der Waals surface area contributed by atoms with E-state index in [4.69, 9.17) is 4.74 Å². The van der Waals surface area contributed by atoms with E-state index in [1.165, 1.54) is 18.4 Å². The van der Waals surface area contributed by atoms with Crippen molar-refractivity contribution in [3.8, 4) is 5.75 Å². The lowest BCUT2D eigenvalue weighted by Crippen LogP contribution is -2.24. The van der Waals surface area contributed by atoms with Gasteiger partial charge in [-0.25, -0.2) is 9.78 Å². The molecule has 0 aliphatic rings. The summed E-state index contributed by atoms with van der Waals surface area (Å²) in [6.45, 7) is 7.84. The highest BCUT2D eigenvalue weighted by Gasteiger charge is 2.22. The highest BCUT2D eigenvalue weighted by atomic mass is 32.1. The lowest BCUT2D eigenvalue weighted by Gasteiger charge is -2.23. The number of carbonyl (C=O) groups is 2. The first-order valence-electron chi connectivity index (χ1n) is 9.44. The molecule has 3 aromatic rings. The number of hydrogen-bond acceptors (Lipinski definition) is 6. The molecule has 7 heteroatoms. The molecule has 0 spiro atoms. The van der Waals surface area contributed by atoms with Crippen molar-refractivity contribution in [3.63, 3.8) is 0 Å². The van der Waals surface area contributed by atoms with Gasteiger partial charge in [-0.3, -0.25) is 9.69 Å². The SMILES string of the molecule is COC(=O)c1ccc(OCc2csc(N(C(C)=O)c3c(C)cc(C)cc3C)n2)cc1. The fraction of sp³-hybridized carbons (Fsp3) is 0.261. The standard InChI is InChI=1S/C23H24N2O4S/c1-14-10-15(2)21(16(3)11-14)25(17(4)26)23-24-19(13-30-23)12-29-20-8-6-18(7-9-20)22(27)28-5/h6-11,13H,12H2,1-5H3. The van der Waals surface area contributed by atoms with E-state index in [1.807, 2.05) is 26.2 Å². The van der Waals surface area contributed by atoms with E-state index in [0.29, 0.717) is 16.4 Å². The van der Waals surface area contributed by atoms with Gasteiger partial charge >= 0.3 is 5.97 Å². The summed E-state index contributed by atoms with van der Waals surface area (Å²) < 4.78 is 10.5. The number of esters is 1. The monoisotopic (exact) mass is 424 g/mol. The molecule has 0 radical (unpaired) electrons. The number of ether oxygens (including phenoxy) is 2. The number of aryl methyl sites for hydroxylation is 3. The molecule has 0 atom stereocenters. The number of benzene rings is 2. The van der Waals surface area contributed by atoms with E-state index in [1.54, 1.807) is 36.1 Å². The maximum atomic E-state index is 12.5. The number of rotatable bonds is 6. The second-order valence-corrected chi connectivity index (χ2v) is 7.86. The summed E-state index contributed by atoms with van der Waals surface area (Å²) in [7, 11) is 1.34. The minimum atomic E-state index is -0.392. The van der Waals surface area contributed by atoms with E-state index in [0.717, 1.165) is 28.1 Å². The highest BCUT2D eigenvalue weighted by molar-refractivity contribution is 7.14. The normalized spacial score (nSPS) is 10.6. The van der Waals surface area contributed by atoms with Crippen LogP contribution >= 0.6 is 11.3 Å². The summed E-state index contributed by atoms with van der Waals surface area (Å²) in [5, 5.41) is 2.49. The third kappa shape index (κ3) is 4.68. The maximum absolute atomic E-state index is 12.5. The van der Waals surface area contributed by atoms with Crippen LogP contribution in [0.4, 0.5) is 10.8 Å². The fourth-order valence-corrected chi connectivity index (χ4v) is 4.20. The first-order chi connectivity index (χ1) is 14.3. The molecule has 1 amide bonds. The largest absolute Gasteiger partial charge is 0.487 e. The molecule has 156 valence electrons. The van der Waals surface area contributed by atoms with Crippen LogP contribution in [-0.4, -0.2) is 24.0 Å². The third-order valence-corrected chi connectivity index (χ3v) is 5.44. The number of methoxy groups -OCH3 is 1. The van der Waals surface area contributed by atoms with Gasteiger partial charge in [0.2, 0.25) is 5.91 Å². The Hall–Kier alpha value is -3.19. The van der Waals surface area contributed by atoms with Gasteiger partial charge in [0, 0.05) is 12.3 Å². The van der Waals surface area contributed by atoms with Crippen LogP contribution in [0.2, 0.25) is 0 Å². The zero-order chi connectivity index (χ0) is 21.8. The van der Waals surface area contributed by atoms with Crippen LogP contribution in [0.5, 0.6) is 5.75 Å². The fourth-order valence-electron chi connectivity index (χ4n) is 3.34. The van der Waals surface area contributed by atoms with Gasteiger partial charge < -0.3 is 9.47 Å². The van der Waals surface area contributed by atoms with Gasteiger partial charge in [0.05, 0.1) is 24.1 Å². The minimum Gasteiger partial charge on any atom is -0.487 e. The van der Waals surface area contributed by atoms with Crippen molar-refractivity contribution in [2.24, 2.45) is 0 Å². The third-order valence-electron chi connectivity index (χ3n) is 4.57. The number of nitrogens with zero attached hydrogens (tertiary/aromatic N) is 2. The molecule has 0 aliphatic heterocycles. The smallest absolute Gasteiger partial charge is 0.337 e. The predicted octanol–water partition coefficient (Wildman–Crippen LogP) is 5.12. The van der Waals surface area contributed by atoms with Crippen LogP contribution in [0.15, 0.2) is 41.8 Å². The average Bonchev–Trinajstić information content (AvgIpc) is 3.16. The molecule has 0 saturated carbocycles. The summed E-state index contributed by atoms with van der Waals surface area (Å²) in [5.41, 5.74) is 5.27. The lowest BCUT2D eigenvalue weighted by atomic mass is 10.0. The van der Waals surface area contributed by atoms with Gasteiger partial charge in [-0.15, -0.1) is 11.3 Å². The van der Waals surface area contributed by atoms with Gasteiger partial charge in [0.1, 0.15) is 12.4 Å². The Morgan fingerprint density at radius 2 is 1.70 bits per heavy atom. The molecule has 0 unspecified atom stereocenters. The molecule has 0 saturated heterocycles. The van der Waals surface area contributed by atoms with Gasteiger partial charge in [-0.2, -0.15) is 0 Å².